The molecule has 0 aliphatic carbocycles. The Hall–Kier alpha value is -1.07. The van der Waals surface area contributed by atoms with Crippen molar-refractivity contribution in [1.82, 2.24) is 9.55 Å². The minimum Gasteiger partial charge on any atom is -0.272 e. The minimum atomic E-state index is -4.32. The highest BCUT2D eigenvalue weighted by atomic mass is 19.3. The number of hydrogen-bond acceptors (Lipinski definition) is 1. The normalized spacial score (nSPS) is 14.6. The van der Waals surface area contributed by atoms with Gasteiger partial charge < -0.3 is 0 Å². The predicted molar refractivity (Wildman–Crippen MR) is 74.8 cm³/mol. The van der Waals surface area contributed by atoms with Crippen LogP contribution in [0.1, 0.15) is 60.1 Å². The first-order chi connectivity index (χ1) is 9.33. The summed E-state index contributed by atoms with van der Waals surface area (Å²) in [5.41, 5.74) is -1.87. The van der Waals surface area contributed by atoms with Gasteiger partial charge in [0.1, 0.15) is 0 Å². The van der Waals surface area contributed by atoms with E-state index < -0.39 is 22.8 Å². The zero-order valence-electron chi connectivity index (χ0n) is 13.5. The Balaban J connectivity index is 3.26. The lowest BCUT2D eigenvalue weighted by atomic mass is 9.81. The second-order valence-corrected chi connectivity index (χ2v) is 6.76. The molecule has 122 valence electrons. The Labute approximate surface area is 123 Å². The highest BCUT2D eigenvalue weighted by Gasteiger charge is 2.65. The molecule has 1 heterocycles. The number of nitrogens with zero attached hydrogens (tertiary/aromatic N) is 2. The summed E-state index contributed by atoms with van der Waals surface area (Å²) in [5, 5.41) is 0. The summed E-state index contributed by atoms with van der Waals surface area (Å²) in [6.07, 6.45) is 2.44. The Bertz CT molecular complexity index is 490. The third kappa shape index (κ3) is 2.81. The number of alkyl halides is 4. The zero-order valence-corrected chi connectivity index (χ0v) is 13.5. The monoisotopic (exact) mass is 308 g/mol. The average molecular weight is 308 g/mol. The molecule has 1 aromatic heterocycles. The predicted octanol–water partition coefficient (Wildman–Crippen LogP) is 5.19. The summed E-state index contributed by atoms with van der Waals surface area (Å²) in [7, 11) is 0. The molecule has 0 atom stereocenters. The molecule has 0 fully saturated rings. The fraction of sp³-hybridized carbons (Fsp3) is 0.800. The van der Waals surface area contributed by atoms with Crippen LogP contribution >= 0.6 is 0 Å². The van der Waals surface area contributed by atoms with E-state index in [1.807, 2.05) is 20.8 Å². The molecule has 1 rings (SSSR count). The van der Waals surface area contributed by atoms with Crippen LogP contribution in [-0.4, -0.2) is 15.5 Å². The van der Waals surface area contributed by atoms with Crippen molar-refractivity contribution in [1.29, 1.82) is 0 Å². The van der Waals surface area contributed by atoms with Crippen LogP contribution in [0.15, 0.2) is 12.5 Å². The number of halogens is 4. The van der Waals surface area contributed by atoms with E-state index in [9.17, 15) is 17.6 Å². The van der Waals surface area contributed by atoms with Crippen molar-refractivity contribution < 1.29 is 17.6 Å². The van der Waals surface area contributed by atoms with Crippen molar-refractivity contribution in [3.05, 3.63) is 18.2 Å². The Morgan fingerprint density at radius 3 is 1.95 bits per heavy atom. The lowest BCUT2D eigenvalue weighted by Gasteiger charge is -2.38. The first kappa shape index (κ1) is 18.0. The van der Waals surface area contributed by atoms with E-state index in [1.54, 1.807) is 0 Å². The molecule has 2 nitrogen and oxygen atoms in total. The van der Waals surface area contributed by atoms with Crippen LogP contribution in [0.5, 0.6) is 0 Å². The van der Waals surface area contributed by atoms with Crippen LogP contribution in [0, 0.1) is 5.41 Å². The van der Waals surface area contributed by atoms with Crippen molar-refractivity contribution in [3.8, 4) is 0 Å². The van der Waals surface area contributed by atoms with Crippen LogP contribution in [0.25, 0.3) is 0 Å². The first-order valence-electron chi connectivity index (χ1n) is 7.14. The van der Waals surface area contributed by atoms with Gasteiger partial charge in [0.2, 0.25) is 0 Å². The van der Waals surface area contributed by atoms with Crippen molar-refractivity contribution in [2.45, 2.75) is 71.8 Å². The van der Waals surface area contributed by atoms with Crippen LogP contribution in [-0.2, 0) is 11.5 Å². The van der Waals surface area contributed by atoms with Gasteiger partial charge in [0.05, 0.1) is 12.0 Å². The number of hydrogen-bond donors (Lipinski definition) is 0. The van der Waals surface area contributed by atoms with Gasteiger partial charge in [-0.3, -0.25) is 4.57 Å². The summed E-state index contributed by atoms with van der Waals surface area (Å²) >= 11 is 0. The summed E-state index contributed by atoms with van der Waals surface area (Å²) in [4.78, 5) is 3.90. The number of imidazole rings is 1. The summed E-state index contributed by atoms with van der Waals surface area (Å²) < 4.78 is 57.3. The molecule has 0 N–H and O–H groups in total. The van der Waals surface area contributed by atoms with Gasteiger partial charge in [-0.2, -0.15) is 17.6 Å². The fourth-order valence-electron chi connectivity index (χ4n) is 1.80. The molecule has 1 aromatic rings. The van der Waals surface area contributed by atoms with Gasteiger partial charge in [0, 0.05) is 17.0 Å². The van der Waals surface area contributed by atoms with Crippen molar-refractivity contribution in [2.24, 2.45) is 5.41 Å². The SMILES string of the molecule is CCC(C)(C)c1cn(C(F)(F)C(F)(F)C(C)(C)CC)cn1. The van der Waals surface area contributed by atoms with E-state index in [1.165, 1.54) is 6.92 Å². The largest absolute Gasteiger partial charge is 0.393 e. The van der Waals surface area contributed by atoms with E-state index in [4.69, 9.17) is 0 Å². The van der Waals surface area contributed by atoms with Crippen LogP contribution in [0.3, 0.4) is 0 Å². The fourth-order valence-corrected chi connectivity index (χ4v) is 1.80. The first-order valence-corrected chi connectivity index (χ1v) is 7.14. The van der Waals surface area contributed by atoms with Crippen LogP contribution < -0.4 is 0 Å². The Kier molecular flexibility index (Phi) is 4.53. The summed E-state index contributed by atoms with van der Waals surface area (Å²) in [5.74, 6) is -4.18. The molecule has 0 bridgehead atoms. The molecular weight excluding hydrogens is 284 g/mol. The number of aromatic nitrogens is 2. The maximum Gasteiger partial charge on any atom is 0.393 e. The van der Waals surface area contributed by atoms with Gasteiger partial charge in [0.25, 0.3) is 0 Å². The molecule has 0 radical (unpaired) electrons. The van der Waals surface area contributed by atoms with Crippen molar-refractivity contribution in [3.63, 3.8) is 0 Å². The minimum absolute atomic E-state index is 0.0579. The highest BCUT2D eigenvalue weighted by Crippen LogP contribution is 2.51. The van der Waals surface area contributed by atoms with Gasteiger partial charge in [-0.25, -0.2) is 4.98 Å². The second kappa shape index (κ2) is 5.29. The quantitative estimate of drug-likeness (QED) is 0.661. The van der Waals surface area contributed by atoms with Gasteiger partial charge in [0.15, 0.2) is 0 Å². The van der Waals surface area contributed by atoms with Crippen LogP contribution in [0.4, 0.5) is 17.6 Å². The third-order valence-corrected chi connectivity index (χ3v) is 4.60. The van der Waals surface area contributed by atoms with Gasteiger partial charge in [-0.05, 0) is 12.8 Å². The molecule has 0 saturated heterocycles. The standard InChI is InChI=1S/C15H24F4N2/c1-7-12(3,4)11-9-21(10-20-11)15(18,19)14(16,17)13(5,6)8-2/h9-10H,7-8H2,1-6H3. The van der Waals surface area contributed by atoms with E-state index >= 15 is 0 Å². The van der Waals surface area contributed by atoms with Gasteiger partial charge in [-0.15, -0.1) is 0 Å². The second-order valence-electron chi connectivity index (χ2n) is 6.76. The summed E-state index contributed by atoms with van der Waals surface area (Å²) in [6, 6.07) is -4.32. The molecule has 0 unspecified atom stereocenters. The lowest BCUT2D eigenvalue weighted by Crippen LogP contribution is -2.52. The molecular formula is C15H24F4N2. The molecule has 0 saturated carbocycles. The third-order valence-electron chi connectivity index (χ3n) is 4.60. The van der Waals surface area contributed by atoms with E-state index in [0.29, 0.717) is 12.1 Å². The molecule has 0 amide bonds. The Morgan fingerprint density at radius 2 is 1.52 bits per heavy atom. The molecule has 0 aliphatic heterocycles. The van der Waals surface area contributed by atoms with E-state index in [-0.39, 0.29) is 11.0 Å². The highest BCUT2D eigenvalue weighted by molar-refractivity contribution is 5.12. The molecule has 0 aliphatic rings. The van der Waals surface area contributed by atoms with Gasteiger partial charge in [-0.1, -0.05) is 41.5 Å². The topological polar surface area (TPSA) is 17.8 Å². The number of rotatable bonds is 6. The van der Waals surface area contributed by atoms with Crippen LogP contribution in [0.2, 0.25) is 0 Å². The molecule has 6 heteroatoms. The maximum atomic E-state index is 14.3. The molecule has 0 aromatic carbocycles. The van der Waals surface area contributed by atoms with E-state index in [0.717, 1.165) is 26.4 Å². The Morgan fingerprint density at radius 1 is 1.00 bits per heavy atom. The zero-order chi connectivity index (χ0) is 16.7. The summed E-state index contributed by atoms with van der Waals surface area (Å²) in [6.45, 7) is 9.34. The van der Waals surface area contributed by atoms with Crippen molar-refractivity contribution in [2.75, 3.05) is 0 Å². The van der Waals surface area contributed by atoms with E-state index in [2.05, 4.69) is 4.98 Å². The smallest absolute Gasteiger partial charge is 0.272 e. The van der Waals surface area contributed by atoms with Gasteiger partial charge >= 0.3 is 12.0 Å². The maximum absolute atomic E-state index is 14.3. The average Bonchev–Trinajstić information content (AvgIpc) is 2.89. The van der Waals surface area contributed by atoms with Crippen molar-refractivity contribution >= 4 is 0 Å². The molecule has 0 spiro atoms. The molecule has 21 heavy (non-hydrogen) atoms. The lowest BCUT2D eigenvalue weighted by molar-refractivity contribution is -0.304.